The highest BCUT2D eigenvalue weighted by molar-refractivity contribution is 7.80. The maximum absolute atomic E-state index is 12.8. The van der Waals surface area contributed by atoms with Crippen LogP contribution in [0.15, 0.2) is 0 Å². The van der Waals surface area contributed by atoms with Crippen LogP contribution in [0.2, 0.25) is 0 Å². The van der Waals surface area contributed by atoms with Crippen LogP contribution in [0.4, 0.5) is 0 Å². The number of carboxylic acids is 1. The number of aliphatic carboxylic acids is 1. The van der Waals surface area contributed by atoms with Gasteiger partial charge in [-0.25, -0.2) is 4.79 Å². The highest BCUT2D eigenvalue weighted by Crippen LogP contribution is 2.10. The first-order chi connectivity index (χ1) is 13.8. The van der Waals surface area contributed by atoms with Crippen LogP contribution < -0.4 is 21.7 Å². The summed E-state index contributed by atoms with van der Waals surface area (Å²) in [4.78, 5) is 48.9. The zero-order valence-electron chi connectivity index (χ0n) is 18.2. The van der Waals surface area contributed by atoms with Crippen molar-refractivity contribution in [2.75, 3.05) is 5.75 Å². The van der Waals surface area contributed by atoms with Gasteiger partial charge >= 0.3 is 5.97 Å². The molecule has 3 amide bonds. The fourth-order valence-electron chi connectivity index (χ4n) is 2.65. The van der Waals surface area contributed by atoms with Gasteiger partial charge in [-0.05, 0) is 25.2 Å². The number of hydrogen-bond donors (Lipinski definition) is 7. The van der Waals surface area contributed by atoms with E-state index < -0.39 is 54.0 Å². The van der Waals surface area contributed by atoms with Crippen LogP contribution in [-0.2, 0) is 19.2 Å². The SMILES string of the molecule is CCC(C)C(NC(=O)C(N)CS)C(=O)NC(C(=O)NC(CC(C)C)C(=O)O)C(C)O. The van der Waals surface area contributed by atoms with E-state index in [0.29, 0.717) is 6.42 Å². The first kappa shape index (κ1) is 28.1. The lowest BCUT2D eigenvalue weighted by atomic mass is 9.97. The van der Waals surface area contributed by atoms with E-state index in [1.807, 2.05) is 20.8 Å². The summed E-state index contributed by atoms with van der Waals surface area (Å²) < 4.78 is 0. The van der Waals surface area contributed by atoms with E-state index in [4.69, 9.17) is 5.73 Å². The van der Waals surface area contributed by atoms with Crippen molar-refractivity contribution in [3.8, 4) is 0 Å². The molecule has 10 nitrogen and oxygen atoms in total. The summed E-state index contributed by atoms with van der Waals surface area (Å²) in [5.41, 5.74) is 5.65. The highest BCUT2D eigenvalue weighted by Gasteiger charge is 2.34. The zero-order valence-corrected chi connectivity index (χ0v) is 19.1. The minimum Gasteiger partial charge on any atom is -0.480 e. The average molecular weight is 449 g/mol. The lowest BCUT2D eigenvalue weighted by Crippen LogP contribution is -2.61. The number of aliphatic hydroxyl groups excluding tert-OH is 1. The summed E-state index contributed by atoms with van der Waals surface area (Å²) >= 11 is 3.96. The molecule has 0 fully saturated rings. The predicted molar refractivity (Wildman–Crippen MR) is 116 cm³/mol. The minimum absolute atomic E-state index is 0.00651. The van der Waals surface area contributed by atoms with Crippen LogP contribution >= 0.6 is 12.6 Å². The van der Waals surface area contributed by atoms with E-state index in [0.717, 1.165) is 0 Å². The first-order valence-electron chi connectivity index (χ1n) is 10.0. The quantitative estimate of drug-likeness (QED) is 0.182. The molecule has 0 aromatic heterocycles. The third-order valence-electron chi connectivity index (χ3n) is 4.71. The highest BCUT2D eigenvalue weighted by atomic mass is 32.1. The summed E-state index contributed by atoms with van der Waals surface area (Å²) in [5, 5.41) is 26.7. The molecule has 0 radical (unpaired) electrons. The molecule has 0 bridgehead atoms. The predicted octanol–water partition coefficient (Wildman–Crippen LogP) is -0.744. The molecule has 0 aromatic carbocycles. The molecule has 6 unspecified atom stereocenters. The van der Waals surface area contributed by atoms with E-state index in [2.05, 4.69) is 28.6 Å². The van der Waals surface area contributed by atoms with Crippen molar-refractivity contribution in [1.29, 1.82) is 0 Å². The molecule has 30 heavy (non-hydrogen) atoms. The molecule has 0 rings (SSSR count). The second-order valence-corrected chi connectivity index (χ2v) is 8.28. The minimum atomic E-state index is -1.39. The standard InChI is InChI=1S/C19H36N4O6S/c1-6-10(4)14(22-16(25)12(20)8-30)17(26)23-15(11(5)24)18(27)21-13(19(28)29)7-9(2)3/h9-15,24,30H,6-8,20H2,1-5H3,(H,21,27)(H,22,25)(H,23,26)(H,28,29). The van der Waals surface area contributed by atoms with Crippen molar-refractivity contribution in [1.82, 2.24) is 16.0 Å². The fourth-order valence-corrected chi connectivity index (χ4v) is 2.81. The van der Waals surface area contributed by atoms with E-state index in [1.165, 1.54) is 6.92 Å². The summed E-state index contributed by atoms with van der Waals surface area (Å²) in [5.74, 6) is -3.47. The van der Waals surface area contributed by atoms with Crippen molar-refractivity contribution in [3.63, 3.8) is 0 Å². The van der Waals surface area contributed by atoms with Crippen molar-refractivity contribution in [3.05, 3.63) is 0 Å². The van der Waals surface area contributed by atoms with Gasteiger partial charge in [0.2, 0.25) is 17.7 Å². The molecule has 0 aliphatic carbocycles. The summed E-state index contributed by atoms with van der Waals surface area (Å²) in [6, 6.07) is -4.45. The average Bonchev–Trinajstić information content (AvgIpc) is 2.66. The molecular formula is C19H36N4O6S. The van der Waals surface area contributed by atoms with Crippen LogP contribution in [0, 0.1) is 11.8 Å². The number of amides is 3. The van der Waals surface area contributed by atoms with Gasteiger partial charge in [-0.3, -0.25) is 14.4 Å². The number of nitrogens with two attached hydrogens (primary N) is 1. The van der Waals surface area contributed by atoms with Crippen molar-refractivity contribution in [2.45, 2.75) is 77.7 Å². The number of hydrogen-bond acceptors (Lipinski definition) is 7. The lowest BCUT2D eigenvalue weighted by molar-refractivity contribution is -0.143. The second-order valence-electron chi connectivity index (χ2n) is 7.92. The lowest BCUT2D eigenvalue weighted by Gasteiger charge is -2.29. The number of carboxylic acid groups (broad SMARTS) is 1. The number of carbonyl (C=O) groups excluding carboxylic acids is 3. The van der Waals surface area contributed by atoms with E-state index in [-0.39, 0.29) is 24.0 Å². The molecule has 0 aliphatic rings. The molecular weight excluding hydrogens is 412 g/mol. The Morgan fingerprint density at radius 2 is 1.43 bits per heavy atom. The number of carbonyl (C=O) groups is 4. The third-order valence-corrected chi connectivity index (χ3v) is 5.10. The van der Waals surface area contributed by atoms with Crippen LogP contribution in [-0.4, -0.2) is 69.9 Å². The Kier molecular flexibility index (Phi) is 12.6. The van der Waals surface area contributed by atoms with Gasteiger partial charge in [-0.2, -0.15) is 12.6 Å². The van der Waals surface area contributed by atoms with Gasteiger partial charge < -0.3 is 31.9 Å². The van der Waals surface area contributed by atoms with Gasteiger partial charge in [0.05, 0.1) is 12.1 Å². The monoisotopic (exact) mass is 448 g/mol. The van der Waals surface area contributed by atoms with Crippen LogP contribution in [0.25, 0.3) is 0 Å². The largest absolute Gasteiger partial charge is 0.480 e. The van der Waals surface area contributed by atoms with Crippen molar-refractivity contribution in [2.24, 2.45) is 17.6 Å². The normalized spacial score (nSPS) is 17.2. The van der Waals surface area contributed by atoms with E-state index in [1.54, 1.807) is 6.92 Å². The molecule has 7 N–H and O–H groups in total. The molecule has 0 aliphatic heterocycles. The Morgan fingerprint density at radius 3 is 1.83 bits per heavy atom. The third kappa shape index (κ3) is 9.31. The first-order valence-corrected chi connectivity index (χ1v) is 10.7. The molecule has 11 heteroatoms. The molecule has 6 atom stereocenters. The number of thiol groups is 1. The molecule has 0 saturated carbocycles. The zero-order chi connectivity index (χ0) is 23.6. The van der Waals surface area contributed by atoms with Crippen molar-refractivity contribution >= 4 is 36.3 Å². The maximum atomic E-state index is 12.8. The number of nitrogens with one attached hydrogen (secondary N) is 3. The molecule has 174 valence electrons. The fraction of sp³-hybridized carbons (Fsp3) is 0.789. The van der Waals surface area contributed by atoms with Gasteiger partial charge in [0, 0.05) is 5.75 Å². The summed E-state index contributed by atoms with van der Waals surface area (Å²) in [7, 11) is 0. The van der Waals surface area contributed by atoms with Gasteiger partial charge in [-0.1, -0.05) is 34.1 Å². The Hall–Kier alpha value is -1.85. The maximum Gasteiger partial charge on any atom is 0.326 e. The van der Waals surface area contributed by atoms with Crippen LogP contribution in [0.1, 0.15) is 47.5 Å². The number of rotatable bonds is 13. The molecule has 0 spiro atoms. The smallest absolute Gasteiger partial charge is 0.326 e. The number of aliphatic hydroxyl groups is 1. The second kappa shape index (κ2) is 13.5. The van der Waals surface area contributed by atoms with E-state index in [9.17, 15) is 29.4 Å². The van der Waals surface area contributed by atoms with Crippen molar-refractivity contribution < 1.29 is 29.4 Å². The summed E-state index contributed by atoms with van der Waals surface area (Å²) in [6.07, 6.45) is -0.556. The van der Waals surface area contributed by atoms with E-state index >= 15 is 0 Å². The molecule has 0 aromatic rings. The van der Waals surface area contributed by atoms with Gasteiger partial charge in [0.25, 0.3) is 0 Å². The van der Waals surface area contributed by atoms with Gasteiger partial charge in [0.1, 0.15) is 18.1 Å². The summed E-state index contributed by atoms with van der Waals surface area (Å²) in [6.45, 7) is 8.50. The Morgan fingerprint density at radius 1 is 0.933 bits per heavy atom. The van der Waals surface area contributed by atoms with Crippen LogP contribution in [0.3, 0.4) is 0 Å². The van der Waals surface area contributed by atoms with Crippen LogP contribution in [0.5, 0.6) is 0 Å². The molecule has 0 heterocycles. The van der Waals surface area contributed by atoms with Gasteiger partial charge in [-0.15, -0.1) is 0 Å². The van der Waals surface area contributed by atoms with Gasteiger partial charge in [0.15, 0.2) is 0 Å². The Balaban J connectivity index is 5.43. The Labute approximate surface area is 183 Å². The Bertz CT molecular complexity index is 602. The topological polar surface area (TPSA) is 171 Å². The molecule has 0 saturated heterocycles.